The summed E-state index contributed by atoms with van der Waals surface area (Å²) in [6.07, 6.45) is 4.84. The van der Waals surface area contributed by atoms with Gasteiger partial charge in [-0.2, -0.15) is 0 Å². The Morgan fingerprint density at radius 3 is 2.72 bits per heavy atom. The molecular formula is C27H35N3O2. The molecule has 0 spiro atoms. The van der Waals surface area contributed by atoms with E-state index in [-0.39, 0.29) is 11.8 Å². The minimum atomic E-state index is -0.0961. The van der Waals surface area contributed by atoms with E-state index in [0.29, 0.717) is 42.7 Å². The van der Waals surface area contributed by atoms with Crippen LogP contribution < -0.4 is 5.32 Å². The Kier molecular flexibility index (Phi) is 7.26. The van der Waals surface area contributed by atoms with Crippen LogP contribution in [0.4, 0.5) is 0 Å². The summed E-state index contributed by atoms with van der Waals surface area (Å²) in [4.78, 5) is 30.0. The predicted molar refractivity (Wildman–Crippen MR) is 127 cm³/mol. The molecule has 1 atom stereocenters. The molecule has 170 valence electrons. The first-order valence-corrected chi connectivity index (χ1v) is 12.0. The fourth-order valence-corrected chi connectivity index (χ4v) is 5.07. The summed E-state index contributed by atoms with van der Waals surface area (Å²) in [5, 5.41) is 3.05. The molecule has 0 radical (unpaired) electrons. The van der Waals surface area contributed by atoms with Crippen molar-refractivity contribution >= 4 is 11.8 Å². The molecule has 1 N–H and O–H groups in total. The van der Waals surface area contributed by atoms with E-state index >= 15 is 0 Å². The molecule has 4 rings (SSSR count). The normalized spacial score (nSPS) is 18.8. The van der Waals surface area contributed by atoms with Crippen LogP contribution in [-0.4, -0.2) is 47.3 Å². The molecule has 2 amide bonds. The number of rotatable bonds is 8. The van der Waals surface area contributed by atoms with Crippen molar-refractivity contribution in [1.82, 2.24) is 15.1 Å². The highest BCUT2D eigenvalue weighted by Crippen LogP contribution is 2.26. The van der Waals surface area contributed by atoms with Crippen molar-refractivity contribution in [1.29, 1.82) is 0 Å². The second-order valence-electron chi connectivity index (χ2n) is 9.47. The maximum Gasteiger partial charge on any atom is 0.254 e. The number of carbonyl (C=O) groups excluding carboxylic acids is 2. The number of benzene rings is 2. The van der Waals surface area contributed by atoms with E-state index in [2.05, 4.69) is 24.1 Å². The highest BCUT2D eigenvalue weighted by Gasteiger charge is 2.28. The van der Waals surface area contributed by atoms with Crippen molar-refractivity contribution in [3.63, 3.8) is 0 Å². The van der Waals surface area contributed by atoms with Crippen LogP contribution in [-0.2, 0) is 13.1 Å². The zero-order chi connectivity index (χ0) is 22.5. The van der Waals surface area contributed by atoms with Crippen LogP contribution in [0, 0.1) is 5.92 Å². The number of amides is 2. The second kappa shape index (κ2) is 10.3. The monoisotopic (exact) mass is 433 g/mol. The van der Waals surface area contributed by atoms with Crippen LogP contribution in [0.3, 0.4) is 0 Å². The molecule has 1 fully saturated rings. The van der Waals surface area contributed by atoms with Crippen LogP contribution in [0.5, 0.6) is 0 Å². The predicted octanol–water partition coefficient (Wildman–Crippen LogP) is 4.47. The first-order valence-electron chi connectivity index (χ1n) is 12.0. The fourth-order valence-electron chi connectivity index (χ4n) is 5.07. The Morgan fingerprint density at radius 2 is 1.94 bits per heavy atom. The fraction of sp³-hybridized carbons (Fsp3) is 0.481. The van der Waals surface area contributed by atoms with Gasteiger partial charge in [-0.1, -0.05) is 56.7 Å². The number of carbonyl (C=O) groups is 2. The molecule has 5 heteroatoms. The quantitative estimate of drug-likeness (QED) is 0.625. The van der Waals surface area contributed by atoms with Crippen LogP contribution in [0.2, 0.25) is 0 Å². The van der Waals surface area contributed by atoms with Gasteiger partial charge in [0.2, 0.25) is 0 Å². The van der Waals surface area contributed by atoms with E-state index < -0.39 is 0 Å². The Hall–Kier alpha value is -2.66. The smallest absolute Gasteiger partial charge is 0.254 e. The molecule has 32 heavy (non-hydrogen) atoms. The third-order valence-corrected chi connectivity index (χ3v) is 6.81. The van der Waals surface area contributed by atoms with E-state index in [1.807, 2.05) is 47.4 Å². The molecule has 0 bridgehead atoms. The van der Waals surface area contributed by atoms with Crippen molar-refractivity contribution in [2.24, 2.45) is 5.92 Å². The van der Waals surface area contributed by atoms with Gasteiger partial charge in [-0.25, -0.2) is 0 Å². The Labute approximate surface area is 191 Å². The van der Waals surface area contributed by atoms with Gasteiger partial charge in [0.05, 0.1) is 0 Å². The van der Waals surface area contributed by atoms with Gasteiger partial charge in [0.1, 0.15) is 0 Å². The maximum atomic E-state index is 12.9. The molecule has 1 unspecified atom stereocenters. The zero-order valence-electron chi connectivity index (χ0n) is 19.3. The van der Waals surface area contributed by atoms with Gasteiger partial charge in [0, 0.05) is 43.3 Å². The molecule has 0 saturated carbocycles. The lowest BCUT2D eigenvalue weighted by Gasteiger charge is -2.38. The van der Waals surface area contributed by atoms with Crippen LogP contribution >= 0.6 is 0 Å². The largest absolute Gasteiger partial charge is 0.352 e. The lowest BCUT2D eigenvalue weighted by atomic mass is 9.92. The summed E-state index contributed by atoms with van der Waals surface area (Å²) < 4.78 is 0. The molecule has 2 heterocycles. The van der Waals surface area contributed by atoms with E-state index in [0.717, 1.165) is 24.1 Å². The summed E-state index contributed by atoms with van der Waals surface area (Å²) in [5.74, 6) is 0.583. The van der Waals surface area contributed by atoms with Gasteiger partial charge in [-0.05, 0) is 55.0 Å². The highest BCUT2D eigenvalue weighted by molar-refractivity contribution is 6.02. The van der Waals surface area contributed by atoms with Crippen molar-refractivity contribution < 1.29 is 9.59 Å². The number of hydrogen-bond acceptors (Lipinski definition) is 3. The van der Waals surface area contributed by atoms with Crippen LogP contribution in [0.1, 0.15) is 71.4 Å². The Bertz CT molecular complexity index is 941. The van der Waals surface area contributed by atoms with Crippen LogP contribution in [0.15, 0.2) is 48.5 Å². The summed E-state index contributed by atoms with van der Waals surface area (Å²) in [7, 11) is 0. The summed E-state index contributed by atoms with van der Waals surface area (Å²) in [6.45, 7) is 8.65. The van der Waals surface area contributed by atoms with Gasteiger partial charge in [0.15, 0.2) is 0 Å². The molecule has 2 aromatic carbocycles. The third-order valence-electron chi connectivity index (χ3n) is 6.81. The van der Waals surface area contributed by atoms with Gasteiger partial charge in [0.25, 0.3) is 11.8 Å². The average Bonchev–Trinajstić information content (AvgIpc) is 3.12. The van der Waals surface area contributed by atoms with Crippen molar-refractivity contribution in [3.05, 3.63) is 70.8 Å². The number of nitrogens with zero attached hydrogens (tertiary/aromatic N) is 2. The molecule has 0 aliphatic carbocycles. The molecular weight excluding hydrogens is 398 g/mol. The standard InChI is InChI=1S/C27H35N3O2/c1-20(2)25-11-6-7-15-29(25)16-8-14-28-26(31)22-12-13-23-19-30(27(32)24(23)17-22)18-21-9-4-3-5-10-21/h3-5,9-10,12-13,17,20,25H,6-8,11,14-16,18-19H2,1-2H3,(H,28,31). The van der Waals surface area contributed by atoms with E-state index in [4.69, 9.17) is 0 Å². The second-order valence-corrected chi connectivity index (χ2v) is 9.47. The van der Waals surface area contributed by atoms with Gasteiger partial charge in [-0.15, -0.1) is 0 Å². The number of fused-ring (bicyclic) bond motifs is 1. The molecule has 2 aromatic rings. The summed E-state index contributed by atoms with van der Waals surface area (Å²) in [5.41, 5.74) is 3.32. The van der Waals surface area contributed by atoms with E-state index in [1.54, 1.807) is 6.07 Å². The van der Waals surface area contributed by atoms with Crippen molar-refractivity contribution in [2.45, 2.75) is 58.7 Å². The number of likely N-dealkylation sites (tertiary alicyclic amines) is 1. The minimum absolute atomic E-state index is 0.00308. The third kappa shape index (κ3) is 5.21. The van der Waals surface area contributed by atoms with Crippen LogP contribution in [0.25, 0.3) is 0 Å². The molecule has 1 saturated heterocycles. The first kappa shape index (κ1) is 22.5. The molecule has 2 aliphatic rings. The Balaban J connectivity index is 1.29. The SMILES string of the molecule is CC(C)C1CCCCN1CCCNC(=O)c1ccc2c(c1)C(=O)N(Cc1ccccc1)C2. The lowest BCUT2D eigenvalue weighted by molar-refractivity contribution is 0.0766. The first-order chi connectivity index (χ1) is 15.5. The summed E-state index contributed by atoms with van der Waals surface area (Å²) >= 11 is 0. The van der Waals surface area contributed by atoms with Crippen molar-refractivity contribution in [2.75, 3.05) is 19.6 Å². The highest BCUT2D eigenvalue weighted by atomic mass is 16.2. The van der Waals surface area contributed by atoms with Gasteiger partial charge < -0.3 is 15.1 Å². The maximum absolute atomic E-state index is 12.9. The Morgan fingerprint density at radius 1 is 1.12 bits per heavy atom. The zero-order valence-corrected chi connectivity index (χ0v) is 19.3. The van der Waals surface area contributed by atoms with Gasteiger partial charge >= 0.3 is 0 Å². The van der Waals surface area contributed by atoms with Crippen molar-refractivity contribution in [3.8, 4) is 0 Å². The lowest BCUT2D eigenvalue weighted by Crippen LogP contribution is -2.43. The molecule has 0 aromatic heterocycles. The minimum Gasteiger partial charge on any atom is -0.352 e. The van der Waals surface area contributed by atoms with E-state index in [9.17, 15) is 9.59 Å². The number of nitrogens with one attached hydrogen (secondary N) is 1. The average molecular weight is 434 g/mol. The molecule has 5 nitrogen and oxygen atoms in total. The summed E-state index contributed by atoms with van der Waals surface area (Å²) in [6, 6.07) is 16.2. The topological polar surface area (TPSA) is 52.7 Å². The molecule has 2 aliphatic heterocycles. The van der Waals surface area contributed by atoms with Gasteiger partial charge in [-0.3, -0.25) is 9.59 Å². The number of hydrogen-bond donors (Lipinski definition) is 1. The number of piperidine rings is 1. The van der Waals surface area contributed by atoms with E-state index in [1.165, 1.54) is 25.8 Å².